The maximum Gasteiger partial charge on any atom is 0.0710 e. The lowest BCUT2D eigenvalue weighted by Crippen LogP contribution is -2.62. The van der Waals surface area contributed by atoms with E-state index in [1.807, 2.05) is 0 Å². The molecular formula is C17H30N2O3. The van der Waals surface area contributed by atoms with Crippen molar-refractivity contribution < 1.29 is 14.6 Å². The van der Waals surface area contributed by atoms with Gasteiger partial charge in [0.1, 0.15) is 0 Å². The minimum absolute atomic E-state index is 0.160. The molecule has 0 aromatic rings. The fraction of sp³-hybridized carbons (Fsp3) is 1.00. The van der Waals surface area contributed by atoms with Gasteiger partial charge in [0.15, 0.2) is 0 Å². The van der Waals surface area contributed by atoms with E-state index in [1.165, 1.54) is 19.3 Å². The largest absolute Gasteiger partial charge is 0.391 e. The van der Waals surface area contributed by atoms with Gasteiger partial charge in [-0.15, -0.1) is 0 Å². The zero-order valence-corrected chi connectivity index (χ0v) is 13.5. The van der Waals surface area contributed by atoms with Crippen molar-refractivity contribution in [3.63, 3.8) is 0 Å². The molecule has 126 valence electrons. The second kappa shape index (κ2) is 6.73. The third kappa shape index (κ3) is 2.94. The van der Waals surface area contributed by atoms with Gasteiger partial charge in [0.05, 0.1) is 19.3 Å². The molecule has 4 atom stereocenters. The molecule has 1 saturated carbocycles. The zero-order chi connectivity index (χ0) is 14.9. The second-order valence-corrected chi connectivity index (χ2v) is 7.45. The molecule has 4 rings (SSSR count). The van der Waals surface area contributed by atoms with Crippen LogP contribution in [0, 0.1) is 5.92 Å². The van der Waals surface area contributed by atoms with Crippen molar-refractivity contribution in [3.8, 4) is 0 Å². The summed E-state index contributed by atoms with van der Waals surface area (Å²) in [5.74, 6) is 0.466. The molecule has 3 saturated heterocycles. The Balaban J connectivity index is 1.42. The third-order valence-corrected chi connectivity index (χ3v) is 6.37. The molecule has 5 heteroatoms. The van der Waals surface area contributed by atoms with E-state index in [0.29, 0.717) is 24.0 Å². The molecule has 0 aromatic carbocycles. The maximum atomic E-state index is 10.8. The summed E-state index contributed by atoms with van der Waals surface area (Å²) >= 11 is 0. The predicted octanol–water partition coefficient (Wildman–Crippen LogP) is 0.711. The molecule has 2 bridgehead atoms. The maximum absolute atomic E-state index is 10.8. The summed E-state index contributed by atoms with van der Waals surface area (Å²) in [5, 5.41) is 10.8. The number of aliphatic hydroxyl groups is 1. The fourth-order valence-electron chi connectivity index (χ4n) is 5.21. The first-order chi connectivity index (χ1) is 10.8. The molecule has 0 amide bonds. The van der Waals surface area contributed by atoms with Crippen LogP contribution in [0.25, 0.3) is 0 Å². The molecule has 0 radical (unpaired) electrons. The van der Waals surface area contributed by atoms with Gasteiger partial charge in [0.25, 0.3) is 0 Å². The van der Waals surface area contributed by atoms with Crippen LogP contribution in [0.1, 0.15) is 32.1 Å². The van der Waals surface area contributed by atoms with Crippen LogP contribution in [-0.2, 0) is 9.47 Å². The summed E-state index contributed by atoms with van der Waals surface area (Å²) in [7, 11) is 0. The topological polar surface area (TPSA) is 45.2 Å². The molecule has 1 aliphatic carbocycles. The smallest absolute Gasteiger partial charge is 0.0710 e. The van der Waals surface area contributed by atoms with Gasteiger partial charge in [0, 0.05) is 56.9 Å². The molecule has 5 nitrogen and oxygen atoms in total. The standard InChI is InChI=1S/C17H30N2O3/c20-17-12-19(13-3-7-21-8-4-13)14-1-2-16(15(17)11-14)18-5-9-22-10-6-18/h13-17,20H,1-12H2/t14-,15-,16+,17-/m0/s1. The first kappa shape index (κ1) is 15.3. The van der Waals surface area contributed by atoms with Gasteiger partial charge in [-0.2, -0.15) is 0 Å². The molecule has 4 aliphatic rings. The number of hydrogen-bond acceptors (Lipinski definition) is 5. The van der Waals surface area contributed by atoms with Gasteiger partial charge in [0.2, 0.25) is 0 Å². The molecule has 22 heavy (non-hydrogen) atoms. The molecule has 3 aliphatic heterocycles. The number of piperidine rings is 1. The molecule has 4 fully saturated rings. The van der Waals surface area contributed by atoms with Crippen molar-refractivity contribution in [2.24, 2.45) is 5.92 Å². The molecule has 0 spiro atoms. The lowest BCUT2D eigenvalue weighted by molar-refractivity contribution is -0.109. The first-order valence-corrected chi connectivity index (χ1v) is 9.16. The second-order valence-electron chi connectivity index (χ2n) is 7.45. The number of aliphatic hydroxyl groups excluding tert-OH is 1. The molecule has 0 aromatic heterocycles. The van der Waals surface area contributed by atoms with Crippen molar-refractivity contribution in [1.82, 2.24) is 9.80 Å². The van der Waals surface area contributed by atoms with Gasteiger partial charge < -0.3 is 14.6 Å². The van der Waals surface area contributed by atoms with Crippen LogP contribution in [0.5, 0.6) is 0 Å². The van der Waals surface area contributed by atoms with E-state index in [-0.39, 0.29) is 6.10 Å². The van der Waals surface area contributed by atoms with Crippen LogP contribution in [0.4, 0.5) is 0 Å². The van der Waals surface area contributed by atoms with E-state index in [1.54, 1.807) is 0 Å². The van der Waals surface area contributed by atoms with Crippen LogP contribution in [0.2, 0.25) is 0 Å². The number of nitrogens with zero attached hydrogens (tertiary/aromatic N) is 2. The minimum atomic E-state index is -0.160. The predicted molar refractivity (Wildman–Crippen MR) is 83.9 cm³/mol. The highest BCUT2D eigenvalue weighted by Gasteiger charge is 2.46. The van der Waals surface area contributed by atoms with Gasteiger partial charge in [-0.25, -0.2) is 0 Å². The Hall–Kier alpha value is -0.200. The summed E-state index contributed by atoms with van der Waals surface area (Å²) in [6, 6.07) is 1.90. The molecule has 1 N–H and O–H groups in total. The van der Waals surface area contributed by atoms with Gasteiger partial charge in [-0.05, 0) is 32.1 Å². The molecule has 3 heterocycles. The monoisotopic (exact) mass is 310 g/mol. The van der Waals surface area contributed by atoms with E-state index in [2.05, 4.69) is 9.80 Å². The SMILES string of the molecule is O[C@H]1CN(C2CCOCC2)[C@H]2CC[C@@H](N3CCOCC3)[C@@H]1C2. The number of β-amino-alcohol motifs (C(OH)–C–C–N with tert-alkyl or cyclic N) is 1. The number of morpholine rings is 1. The van der Waals surface area contributed by atoms with Crippen LogP contribution in [0.3, 0.4) is 0 Å². The Morgan fingerprint density at radius 1 is 0.818 bits per heavy atom. The number of likely N-dealkylation sites (tertiary alicyclic amines) is 1. The Kier molecular flexibility index (Phi) is 4.69. The van der Waals surface area contributed by atoms with Gasteiger partial charge in [-0.1, -0.05) is 0 Å². The zero-order valence-electron chi connectivity index (χ0n) is 13.5. The Morgan fingerprint density at radius 2 is 1.55 bits per heavy atom. The summed E-state index contributed by atoms with van der Waals surface area (Å²) < 4.78 is 11.0. The Bertz CT molecular complexity index is 353. The van der Waals surface area contributed by atoms with E-state index in [4.69, 9.17) is 9.47 Å². The molecule has 0 unspecified atom stereocenters. The first-order valence-electron chi connectivity index (χ1n) is 9.16. The lowest BCUT2D eigenvalue weighted by Gasteiger charge is -2.54. The normalized spacial score (nSPS) is 42.4. The number of ether oxygens (including phenoxy) is 2. The number of fused-ring (bicyclic) bond motifs is 2. The van der Waals surface area contributed by atoms with E-state index in [9.17, 15) is 5.11 Å². The average Bonchev–Trinajstić information content (AvgIpc) is 2.60. The lowest BCUT2D eigenvalue weighted by atomic mass is 9.73. The average molecular weight is 310 g/mol. The van der Waals surface area contributed by atoms with E-state index >= 15 is 0 Å². The van der Waals surface area contributed by atoms with Crippen LogP contribution >= 0.6 is 0 Å². The van der Waals surface area contributed by atoms with Crippen molar-refractivity contribution >= 4 is 0 Å². The Labute approximate surface area is 133 Å². The quantitative estimate of drug-likeness (QED) is 0.814. The molecular weight excluding hydrogens is 280 g/mol. The van der Waals surface area contributed by atoms with Crippen molar-refractivity contribution in [2.45, 2.75) is 56.3 Å². The highest BCUT2D eigenvalue weighted by Crippen LogP contribution is 2.39. The van der Waals surface area contributed by atoms with Crippen LogP contribution in [0.15, 0.2) is 0 Å². The van der Waals surface area contributed by atoms with E-state index < -0.39 is 0 Å². The number of rotatable bonds is 2. The third-order valence-electron chi connectivity index (χ3n) is 6.37. The van der Waals surface area contributed by atoms with Crippen molar-refractivity contribution in [3.05, 3.63) is 0 Å². The summed E-state index contributed by atoms with van der Waals surface area (Å²) in [4.78, 5) is 5.21. The van der Waals surface area contributed by atoms with Crippen molar-refractivity contribution in [2.75, 3.05) is 46.1 Å². The van der Waals surface area contributed by atoms with Gasteiger partial charge >= 0.3 is 0 Å². The van der Waals surface area contributed by atoms with E-state index in [0.717, 1.165) is 58.9 Å². The highest BCUT2D eigenvalue weighted by atomic mass is 16.5. The highest BCUT2D eigenvalue weighted by molar-refractivity contribution is 5.00. The minimum Gasteiger partial charge on any atom is -0.391 e. The van der Waals surface area contributed by atoms with Crippen LogP contribution in [-0.4, -0.2) is 85.2 Å². The van der Waals surface area contributed by atoms with Crippen molar-refractivity contribution in [1.29, 1.82) is 0 Å². The van der Waals surface area contributed by atoms with Crippen LogP contribution < -0.4 is 0 Å². The summed E-state index contributed by atoms with van der Waals surface area (Å²) in [5.41, 5.74) is 0. The number of hydrogen-bond donors (Lipinski definition) is 1. The summed E-state index contributed by atoms with van der Waals surface area (Å²) in [6.45, 7) is 6.47. The van der Waals surface area contributed by atoms with Gasteiger partial charge in [-0.3, -0.25) is 9.80 Å². The Morgan fingerprint density at radius 3 is 2.32 bits per heavy atom. The summed E-state index contributed by atoms with van der Waals surface area (Å²) in [6.07, 6.45) is 5.84. The fourth-order valence-corrected chi connectivity index (χ4v) is 5.21.